The van der Waals surface area contributed by atoms with Crippen molar-refractivity contribution in [1.82, 2.24) is 5.43 Å². The van der Waals surface area contributed by atoms with E-state index in [0.717, 1.165) is 5.56 Å². The van der Waals surface area contributed by atoms with Gasteiger partial charge in [-0.15, -0.1) is 0 Å². The van der Waals surface area contributed by atoms with Gasteiger partial charge in [0.15, 0.2) is 13.2 Å². The topological polar surface area (TPSA) is 107 Å². The zero-order valence-electron chi connectivity index (χ0n) is 18.8. The van der Waals surface area contributed by atoms with Gasteiger partial charge in [0.25, 0.3) is 11.8 Å². The molecule has 2 amide bonds. The Labute approximate surface area is 197 Å². The summed E-state index contributed by atoms with van der Waals surface area (Å²) in [5, 5.41) is 6.65. The van der Waals surface area contributed by atoms with Crippen LogP contribution in [-0.2, 0) is 9.59 Å². The fourth-order valence-electron chi connectivity index (χ4n) is 2.70. The van der Waals surface area contributed by atoms with Crippen LogP contribution in [0.2, 0.25) is 0 Å². The number of ether oxygens (including phenoxy) is 4. The third kappa shape index (κ3) is 7.86. The molecule has 0 unspecified atom stereocenters. The molecule has 2 N–H and O–H groups in total. The Hall–Kier alpha value is -4.53. The van der Waals surface area contributed by atoms with Crippen molar-refractivity contribution in [3.8, 4) is 23.0 Å². The van der Waals surface area contributed by atoms with Crippen LogP contribution in [0.3, 0.4) is 0 Å². The highest BCUT2D eigenvalue weighted by atomic mass is 16.5. The Morgan fingerprint density at radius 3 is 1.74 bits per heavy atom. The van der Waals surface area contributed by atoms with Crippen molar-refractivity contribution < 1.29 is 28.5 Å². The number of anilines is 1. The summed E-state index contributed by atoms with van der Waals surface area (Å²) in [5.74, 6) is 1.81. The first-order valence-electron chi connectivity index (χ1n) is 10.3. The fraction of sp³-hybridized carbons (Fsp3) is 0.160. The SMILES string of the molecule is COc1ccc(NC(=O)COc2ccc(/C=N\NC(=O)COc3ccc(OC)cc3)cc2)cc1. The molecule has 0 bridgehead atoms. The van der Waals surface area contributed by atoms with Crippen LogP contribution in [0, 0.1) is 0 Å². The minimum atomic E-state index is -0.394. The first-order chi connectivity index (χ1) is 16.6. The quantitative estimate of drug-likeness (QED) is 0.334. The molecule has 0 heterocycles. The van der Waals surface area contributed by atoms with Crippen molar-refractivity contribution in [2.24, 2.45) is 5.10 Å². The highest BCUT2D eigenvalue weighted by Gasteiger charge is 2.05. The summed E-state index contributed by atoms with van der Waals surface area (Å²) >= 11 is 0. The summed E-state index contributed by atoms with van der Waals surface area (Å²) in [7, 11) is 3.15. The molecule has 9 heteroatoms. The van der Waals surface area contributed by atoms with E-state index in [4.69, 9.17) is 18.9 Å². The van der Waals surface area contributed by atoms with Gasteiger partial charge in [0.1, 0.15) is 23.0 Å². The van der Waals surface area contributed by atoms with Gasteiger partial charge in [-0.05, 0) is 78.4 Å². The number of methoxy groups -OCH3 is 2. The number of hydrogen-bond donors (Lipinski definition) is 2. The molecule has 0 atom stereocenters. The fourth-order valence-corrected chi connectivity index (χ4v) is 2.70. The van der Waals surface area contributed by atoms with Gasteiger partial charge in [-0.1, -0.05) is 0 Å². The van der Waals surface area contributed by atoms with Crippen molar-refractivity contribution in [1.29, 1.82) is 0 Å². The summed E-state index contributed by atoms with van der Waals surface area (Å²) in [6, 6.07) is 20.8. The van der Waals surface area contributed by atoms with Crippen LogP contribution < -0.4 is 29.7 Å². The first-order valence-corrected chi connectivity index (χ1v) is 10.3. The molecule has 0 radical (unpaired) electrons. The minimum Gasteiger partial charge on any atom is -0.497 e. The van der Waals surface area contributed by atoms with E-state index in [1.165, 1.54) is 6.21 Å². The summed E-state index contributed by atoms with van der Waals surface area (Å²) in [6.45, 7) is -0.307. The van der Waals surface area contributed by atoms with Gasteiger partial charge in [0.2, 0.25) is 0 Å². The van der Waals surface area contributed by atoms with E-state index < -0.39 is 5.91 Å². The van der Waals surface area contributed by atoms with Crippen molar-refractivity contribution in [2.45, 2.75) is 0 Å². The number of carbonyl (C=O) groups excluding carboxylic acids is 2. The number of hydrazone groups is 1. The predicted octanol–water partition coefficient (Wildman–Crippen LogP) is 3.25. The lowest BCUT2D eigenvalue weighted by Gasteiger charge is -2.08. The van der Waals surface area contributed by atoms with Crippen molar-refractivity contribution in [2.75, 3.05) is 32.8 Å². The van der Waals surface area contributed by atoms with Gasteiger partial charge >= 0.3 is 0 Å². The van der Waals surface area contributed by atoms with E-state index in [-0.39, 0.29) is 19.1 Å². The first kappa shape index (κ1) is 24.1. The largest absolute Gasteiger partial charge is 0.497 e. The van der Waals surface area contributed by atoms with Crippen molar-refractivity contribution >= 4 is 23.7 Å². The molecule has 0 saturated heterocycles. The van der Waals surface area contributed by atoms with Crippen LogP contribution in [0.25, 0.3) is 0 Å². The molecule has 0 fully saturated rings. The number of benzene rings is 3. The Morgan fingerprint density at radius 2 is 1.18 bits per heavy atom. The number of rotatable bonds is 11. The molecule has 34 heavy (non-hydrogen) atoms. The van der Waals surface area contributed by atoms with E-state index in [1.807, 2.05) is 0 Å². The lowest BCUT2D eigenvalue weighted by atomic mass is 10.2. The molecule has 0 aliphatic heterocycles. The molecule has 0 spiro atoms. The monoisotopic (exact) mass is 463 g/mol. The second-order valence-electron chi connectivity index (χ2n) is 6.89. The van der Waals surface area contributed by atoms with Gasteiger partial charge < -0.3 is 24.3 Å². The van der Waals surface area contributed by atoms with Crippen molar-refractivity contribution in [3.63, 3.8) is 0 Å². The maximum Gasteiger partial charge on any atom is 0.277 e. The predicted molar refractivity (Wildman–Crippen MR) is 128 cm³/mol. The summed E-state index contributed by atoms with van der Waals surface area (Å²) in [4.78, 5) is 23.9. The highest BCUT2D eigenvalue weighted by Crippen LogP contribution is 2.17. The van der Waals surface area contributed by atoms with E-state index in [1.54, 1.807) is 87.0 Å². The lowest BCUT2D eigenvalue weighted by Crippen LogP contribution is -2.24. The molecular weight excluding hydrogens is 438 g/mol. The summed E-state index contributed by atoms with van der Waals surface area (Å²) in [5.41, 5.74) is 3.79. The third-order valence-corrected chi connectivity index (χ3v) is 4.46. The van der Waals surface area contributed by atoms with Crippen LogP contribution in [0.4, 0.5) is 5.69 Å². The zero-order valence-corrected chi connectivity index (χ0v) is 18.8. The standard InChI is InChI=1S/C25H25N3O6/c1-31-20-9-5-19(6-10-20)27-24(29)16-33-22-7-3-18(4-8-22)15-26-28-25(30)17-34-23-13-11-21(32-2)12-14-23/h3-15H,16-17H2,1-2H3,(H,27,29)(H,28,30)/b26-15-. The van der Waals surface area contributed by atoms with Crippen molar-refractivity contribution in [3.05, 3.63) is 78.4 Å². The van der Waals surface area contributed by atoms with Crippen LogP contribution in [0.1, 0.15) is 5.56 Å². The van der Waals surface area contributed by atoms with E-state index in [9.17, 15) is 9.59 Å². The van der Waals surface area contributed by atoms with E-state index in [0.29, 0.717) is 28.7 Å². The van der Waals surface area contributed by atoms with Crippen LogP contribution in [-0.4, -0.2) is 45.5 Å². The number of nitrogens with zero attached hydrogens (tertiary/aromatic N) is 1. The molecule has 0 saturated carbocycles. The number of nitrogens with one attached hydrogen (secondary N) is 2. The van der Waals surface area contributed by atoms with Gasteiger partial charge in [0, 0.05) is 5.69 Å². The Kier molecular flexibility index (Phi) is 8.86. The number of amides is 2. The summed E-state index contributed by atoms with van der Waals surface area (Å²) in [6.07, 6.45) is 1.49. The minimum absolute atomic E-state index is 0.135. The van der Waals surface area contributed by atoms with Gasteiger partial charge in [-0.25, -0.2) is 5.43 Å². The molecule has 3 rings (SSSR count). The zero-order chi connectivity index (χ0) is 24.2. The van der Waals surface area contributed by atoms with Gasteiger partial charge in [-0.3, -0.25) is 9.59 Å². The second-order valence-corrected chi connectivity index (χ2v) is 6.89. The Morgan fingerprint density at radius 1 is 0.706 bits per heavy atom. The van der Waals surface area contributed by atoms with E-state index >= 15 is 0 Å². The number of hydrogen-bond acceptors (Lipinski definition) is 7. The normalized spacial score (nSPS) is 10.4. The van der Waals surface area contributed by atoms with Crippen LogP contribution in [0.5, 0.6) is 23.0 Å². The third-order valence-electron chi connectivity index (χ3n) is 4.46. The molecular formula is C25H25N3O6. The molecule has 9 nitrogen and oxygen atoms in total. The number of carbonyl (C=O) groups is 2. The molecule has 176 valence electrons. The molecule has 0 aliphatic rings. The molecule has 0 aromatic heterocycles. The summed E-state index contributed by atoms with van der Waals surface area (Å²) < 4.78 is 21.0. The van der Waals surface area contributed by atoms with Crippen LogP contribution in [0.15, 0.2) is 77.9 Å². The second kappa shape index (κ2) is 12.5. The Balaban J connectivity index is 1.37. The Bertz CT molecular complexity index is 1100. The van der Waals surface area contributed by atoms with E-state index in [2.05, 4.69) is 15.8 Å². The van der Waals surface area contributed by atoms with Crippen LogP contribution >= 0.6 is 0 Å². The smallest absolute Gasteiger partial charge is 0.277 e. The molecule has 0 aliphatic carbocycles. The highest BCUT2D eigenvalue weighted by molar-refractivity contribution is 5.92. The van der Waals surface area contributed by atoms with Gasteiger partial charge in [-0.2, -0.15) is 5.10 Å². The molecule has 3 aromatic rings. The molecule has 3 aromatic carbocycles. The van der Waals surface area contributed by atoms with Gasteiger partial charge in [0.05, 0.1) is 20.4 Å². The average Bonchev–Trinajstić information content (AvgIpc) is 2.88. The average molecular weight is 463 g/mol. The maximum absolute atomic E-state index is 12.0. The maximum atomic E-state index is 12.0. The lowest BCUT2D eigenvalue weighted by molar-refractivity contribution is -0.123.